The molecule has 0 saturated carbocycles. The third-order valence-corrected chi connectivity index (χ3v) is 4.74. The maximum atomic E-state index is 12.6. The fraction of sp³-hybridized carbons (Fsp3) is 0.933. The fourth-order valence-corrected chi connectivity index (χ4v) is 3.45. The Hall–Kier alpha value is -0.570. The Bertz CT molecular complexity index is 282. The molecule has 0 bridgehead atoms. The number of carbonyl (C=O) groups excluding carboxylic acids is 1. The first kappa shape index (κ1) is 13.9. The van der Waals surface area contributed by atoms with Gasteiger partial charge in [0.2, 0.25) is 5.91 Å². The molecule has 2 heterocycles. The molecule has 1 amide bonds. The summed E-state index contributed by atoms with van der Waals surface area (Å²) < 4.78 is 0. The Morgan fingerprint density at radius 1 is 1.17 bits per heavy atom. The van der Waals surface area contributed by atoms with Crippen LogP contribution >= 0.6 is 0 Å². The molecule has 3 nitrogen and oxygen atoms in total. The Morgan fingerprint density at radius 2 is 1.83 bits per heavy atom. The van der Waals surface area contributed by atoms with E-state index in [4.69, 9.17) is 0 Å². The van der Waals surface area contributed by atoms with Crippen LogP contribution in [0.4, 0.5) is 0 Å². The maximum absolute atomic E-state index is 12.6. The number of hydrogen-bond acceptors (Lipinski definition) is 2. The van der Waals surface area contributed by atoms with Gasteiger partial charge >= 0.3 is 0 Å². The van der Waals surface area contributed by atoms with Crippen LogP contribution in [0.15, 0.2) is 0 Å². The van der Waals surface area contributed by atoms with E-state index in [1.807, 2.05) is 0 Å². The molecule has 0 spiro atoms. The molecule has 0 aromatic heterocycles. The van der Waals surface area contributed by atoms with E-state index in [9.17, 15) is 4.79 Å². The second-order valence-corrected chi connectivity index (χ2v) is 6.14. The van der Waals surface area contributed by atoms with Gasteiger partial charge in [-0.05, 0) is 59.0 Å². The fourth-order valence-electron chi connectivity index (χ4n) is 3.45. The summed E-state index contributed by atoms with van der Waals surface area (Å²) in [5.74, 6) is 0.745. The van der Waals surface area contributed by atoms with E-state index < -0.39 is 0 Å². The van der Waals surface area contributed by atoms with Crippen LogP contribution in [-0.4, -0.2) is 47.4 Å². The first-order chi connectivity index (χ1) is 8.63. The number of amides is 1. The molecule has 1 atom stereocenters. The SMILES string of the molecule is CCC1CCCN1C(=O)C1CCN(C(C)C)CC1. The van der Waals surface area contributed by atoms with Crippen LogP contribution in [-0.2, 0) is 4.79 Å². The molecule has 2 saturated heterocycles. The number of hydrogen-bond donors (Lipinski definition) is 0. The van der Waals surface area contributed by atoms with Crippen molar-refractivity contribution in [1.82, 2.24) is 9.80 Å². The van der Waals surface area contributed by atoms with Crippen LogP contribution < -0.4 is 0 Å². The van der Waals surface area contributed by atoms with Crippen molar-refractivity contribution in [3.63, 3.8) is 0 Å². The molecule has 2 rings (SSSR count). The molecular weight excluding hydrogens is 224 g/mol. The minimum absolute atomic E-state index is 0.298. The first-order valence-electron chi connectivity index (χ1n) is 7.68. The molecule has 2 aliphatic rings. The van der Waals surface area contributed by atoms with Gasteiger partial charge in [0.05, 0.1) is 0 Å². The molecular formula is C15H28N2O. The van der Waals surface area contributed by atoms with Gasteiger partial charge in [-0.15, -0.1) is 0 Å². The van der Waals surface area contributed by atoms with Crippen LogP contribution in [0.2, 0.25) is 0 Å². The summed E-state index contributed by atoms with van der Waals surface area (Å²) in [6, 6.07) is 1.15. The van der Waals surface area contributed by atoms with Crippen molar-refractivity contribution < 1.29 is 4.79 Å². The summed E-state index contributed by atoms with van der Waals surface area (Å²) in [6.07, 6.45) is 5.66. The van der Waals surface area contributed by atoms with Crippen molar-refractivity contribution in [2.24, 2.45) is 5.92 Å². The second kappa shape index (κ2) is 6.05. The third-order valence-electron chi connectivity index (χ3n) is 4.74. The zero-order chi connectivity index (χ0) is 13.1. The molecule has 0 aliphatic carbocycles. The van der Waals surface area contributed by atoms with Crippen molar-refractivity contribution in [1.29, 1.82) is 0 Å². The van der Waals surface area contributed by atoms with Crippen LogP contribution in [0.3, 0.4) is 0 Å². The number of piperidine rings is 1. The summed E-state index contributed by atoms with van der Waals surface area (Å²) >= 11 is 0. The summed E-state index contributed by atoms with van der Waals surface area (Å²) in [5, 5.41) is 0. The molecule has 0 aromatic carbocycles. The lowest BCUT2D eigenvalue weighted by molar-refractivity contribution is -0.138. The molecule has 0 radical (unpaired) electrons. The summed E-state index contributed by atoms with van der Waals surface area (Å²) in [6.45, 7) is 9.89. The highest BCUT2D eigenvalue weighted by atomic mass is 16.2. The molecule has 0 N–H and O–H groups in total. The van der Waals surface area contributed by atoms with E-state index in [0.717, 1.165) is 38.9 Å². The molecule has 0 aromatic rings. The lowest BCUT2D eigenvalue weighted by Gasteiger charge is -2.36. The van der Waals surface area contributed by atoms with Gasteiger partial charge in [-0.3, -0.25) is 4.79 Å². The van der Waals surface area contributed by atoms with E-state index in [-0.39, 0.29) is 0 Å². The zero-order valence-corrected chi connectivity index (χ0v) is 12.2. The van der Waals surface area contributed by atoms with Crippen molar-refractivity contribution in [2.75, 3.05) is 19.6 Å². The van der Waals surface area contributed by atoms with Crippen molar-refractivity contribution >= 4 is 5.91 Å². The summed E-state index contributed by atoms with van der Waals surface area (Å²) in [5.41, 5.74) is 0. The highest BCUT2D eigenvalue weighted by molar-refractivity contribution is 5.79. The van der Waals surface area contributed by atoms with E-state index >= 15 is 0 Å². The number of rotatable bonds is 3. The highest BCUT2D eigenvalue weighted by Crippen LogP contribution is 2.26. The van der Waals surface area contributed by atoms with Gasteiger partial charge in [-0.25, -0.2) is 0 Å². The van der Waals surface area contributed by atoms with E-state index in [0.29, 0.717) is 23.9 Å². The van der Waals surface area contributed by atoms with Crippen LogP contribution in [0.5, 0.6) is 0 Å². The standard InChI is InChI=1S/C15H28N2O/c1-4-14-6-5-9-17(14)15(18)13-7-10-16(11-8-13)12(2)3/h12-14H,4-11H2,1-3H3. The molecule has 1 unspecified atom stereocenters. The lowest BCUT2D eigenvalue weighted by atomic mass is 9.94. The van der Waals surface area contributed by atoms with Gasteiger partial charge in [0, 0.05) is 24.5 Å². The summed E-state index contributed by atoms with van der Waals surface area (Å²) in [7, 11) is 0. The van der Waals surface area contributed by atoms with Gasteiger partial charge in [0.25, 0.3) is 0 Å². The number of carbonyl (C=O) groups is 1. The van der Waals surface area contributed by atoms with Crippen molar-refractivity contribution in [3.05, 3.63) is 0 Å². The predicted octanol–water partition coefficient (Wildman–Crippen LogP) is 2.51. The maximum Gasteiger partial charge on any atom is 0.226 e. The Morgan fingerprint density at radius 3 is 2.39 bits per heavy atom. The topological polar surface area (TPSA) is 23.6 Å². The number of likely N-dealkylation sites (tertiary alicyclic amines) is 2. The van der Waals surface area contributed by atoms with Gasteiger partial charge in [-0.2, -0.15) is 0 Å². The van der Waals surface area contributed by atoms with E-state index in [2.05, 4.69) is 30.6 Å². The molecule has 104 valence electrons. The Kier molecular flexibility index (Phi) is 4.66. The van der Waals surface area contributed by atoms with Gasteiger partial charge in [-0.1, -0.05) is 6.92 Å². The Labute approximate surface area is 112 Å². The first-order valence-corrected chi connectivity index (χ1v) is 7.68. The van der Waals surface area contributed by atoms with Crippen LogP contribution in [0.25, 0.3) is 0 Å². The van der Waals surface area contributed by atoms with E-state index in [1.165, 1.54) is 12.8 Å². The number of nitrogens with zero attached hydrogens (tertiary/aromatic N) is 2. The van der Waals surface area contributed by atoms with Crippen LogP contribution in [0.1, 0.15) is 52.9 Å². The molecule has 2 fully saturated rings. The molecule has 3 heteroatoms. The van der Waals surface area contributed by atoms with Crippen LogP contribution in [0, 0.1) is 5.92 Å². The quantitative estimate of drug-likeness (QED) is 0.770. The zero-order valence-electron chi connectivity index (χ0n) is 12.2. The monoisotopic (exact) mass is 252 g/mol. The van der Waals surface area contributed by atoms with Gasteiger partial charge in [0.1, 0.15) is 0 Å². The minimum atomic E-state index is 0.298. The predicted molar refractivity (Wildman–Crippen MR) is 74.5 cm³/mol. The van der Waals surface area contributed by atoms with Gasteiger partial charge in [0.15, 0.2) is 0 Å². The second-order valence-electron chi connectivity index (χ2n) is 6.14. The highest BCUT2D eigenvalue weighted by Gasteiger charge is 2.34. The molecule has 2 aliphatic heterocycles. The largest absolute Gasteiger partial charge is 0.339 e. The van der Waals surface area contributed by atoms with Crippen molar-refractivity contribution in [2.45, 2.75) is 65.0 Å². The average Bonchev–Trinajstić information content (AvgIpc) is 2.86. The molecule has 18 heavy (non-hydrogen) atoms. The van der Waals surface area contributed by atoms with Gasteiger partial charge < -0.3 is 9.80 Å². The van der Waals surface area contributed by atoms with Crippen molar-refractivity contribution in [3.8, 4) is 0 Å². The Balaban J connectivity index is 1.87. The third kappa shape index (κ3) is 2.87. The smallest absolute Gasteiger partial charge is 0.226 e. The summed E-state index contributed by atoms with van der Waals surface area (Å²) in [4.78, 5) is 17.2. The minimum Gasteiger partial charge on any atom is -0.339 e. The average molecular weight is 252 g/mol. The lowest BCUT2D eigenvalue weighted by Crippen LogP contribution is -2.45. The van der Waals surface area contributed by atoms with E-state index in [1.54, 1.807) is 0 Å². The normalized spacial score (nSPS) is 27.1.